The van der Waals surface area contributed by atoms with Crippen molar-refractivity contribution in [2.75, 3.05) is 23.8 Å². The molecule has 0 saturated carbocycles. The van der Waals surface area contributed by atoms with Crippen molar-refractivity contribution in [3.63, 3.8) is 0 Å². The Morgan fingerprint density at radius 2 is 1.97 bits per heavy atom. The summed E-state index contributed by atoms with van der Waals surface area (Å²) in [6.45, 7) is 3.71. The molecular formula is C20H20N4O5. The van der Waals surface area contributed by atoms with Gasteiger partial charge in [-0.15, -0.1) is 0 Å². The van der Waals surface area contributed by atoms with Crippen LogP contribution in [0.1, 0.15) is 23.0 Å². The van der Waals surface area contributed by atoms with Gasteiger partial charge in [-0.1, -0.05) is 5.16 Å². The number of hydrogen-bond donors (Lipinski definition) is 2. The molecule has 2 heterocycles. The quantitative estimate of drug-likeness (QED) is 0.557. The van der Waals surface area contributed by atoms with Crippen LogP contribution in [-0.2, 0) is 9.53 Å². The van der Waals surface area contributed by atoms with E-state index in [0.29, 0.717) is 18.2 Å². The van der Waals surface area contributed by atoms with E-state index < -0.39 is 18.5 Å². The first-order chi connectivity index (χ1) is 14.0. The van der Waals surface area contributed by atoms with Gasteiger partial charge in [-0.25, -0.2) is 9.78 Å². The molecule has 0 bridgehead atoms. The summed E-state index contributed by atoms with van der Waals surface area (Å²) in [6, 6.07) is 12.0. The molecule has 9 heteroatoms. The number of nitrogens with zero attached hydrogens (tertiary/aromatic N) is 2. The van der Waals surface area contributed by atoms with Gasteiger partial charge in [0.15, 0.2) is 12.4 Å². The Labute approximate surface area is 167 Å². The summed E-state index contributed by atoms with van der Waals surface area (Å²) in [4.78, 5) is 28.5. The molecule has 1 amide bonds. The number of rotatable bonds is 8. The third kappa shape index (κ3) is 5.55. The molecule has 0 atom stereocenters. The van der Waals surface area contributed by atoms with E-state index in [1.807, 2.05) is 31.2 Å². The normalized spacial score (nSPS) is 10.3. The summed E-state index contributed by atoms with van der Waals surface area (Å²) in [5.74, 6) is 0.649. The molecule has 150 valence electrons. The Hall–Kier alpha value is -3.88. The zero-order chi connectivity index (χ0) is 20.6. The minimum Gasteiger partial charge on any atom is -0.494 e. The minimum absolute atomic E-state index is 0.200. The van der Waals surface area contributed by atoms with Crippen molar-refractivity contribution in [2.24, 2.45) is 0 Å². The maximum absolute atomic E-state index is 12.4. The van der Waals surface area contributed by atoms with Crippen molar-refractivity contribution >= 4 is 29.2 Å². The van der Waals surface area contributed by atoms with Gasteiger partial charge in [0.05, 0.1) is 6.61 Å². The van der Waals surface area contributed by atoms with Crippen molar-refractivity contribution in [3.05, 3.63) is 60.0 Å². The second kappa shape index (κ2) is 9.36. The summed E-state index contributed by atoms with van der Waals surface area (Å²) in [5, 5.41) is 9.18. The molecule has 0 aliphatic carbocycles. The van der Waals surface area contributed by atoms with Crippen molar-refractivity contribution in [3.8, 4) is 5.75 Å². The van der Waals surface area contributed by atoms with E-state index in [-0.39, 0.29) is 11.4 Å². The number of aryl methyl sites for hydroxylation is 1. The molecule has 29 heavy (non-hydrogen) atoms. The van der Waals surface area contributed by atoms with Gasteiger partial charge in [0.25, 0.3) is 5.91 Å². The number of esters is 1. The third-order valence-electron chi connectivity index (χ3n) is 3.69. The molecule has 0 spiro atoms. The van der Waals surface area contributed by atoms with Crippen LogP contribution in [0.2, 0.25) is 0 Å². The Bertz CT molecular complexity index is 985. The van der Waals surface area contributed by atoms with Crippen LogP contribution in [-0.4, -0.2) is 35.2 Å². The number of nitrogens with one attached hydrogen (secondary N) is 2. The van der Waals surface area contributed by atoms with E-state index in [1.54, 1.807) is 31.3 Å². The topological polar surface area (TPSA) is 116 Å². The van der Waals surface area contributed by atoms with Crippen LogP contribution in [0.25, 0.3) is 0 Å². The molecule has 0 aliphatic heterocycles. The van der Waals surface area contributed by atoms with E-state index in [0.717, 1.165) is 11.4 Å². The highest BCUT2D eigenvalue weighted by atomic mass is 16.5. The maximum Gasteiger partial charge on any atom is 0.342 e. The van der Waals surface area contributed by atoms with Crippen molar-refractivity contribution in [2.45, 2.75) is 13.8 Å². The van der Waals surface area contributed by atoms with Gasteiger partial charge < -0.3 is 24.6 Å². The predicted molar refractivity (Wildman–Crippen MR) is 105 cm³/mol. The lowest BCUT2D eigenvalue weighted by molar-refractivity contribution is -0.119. The molecule has 3 aromatic rings. The molecule has 0 saturated heterocycles. The van der Waals surface area contributed by atoms with Gasteiger partial charge in [0.2, 0.25) is 0 Å². The largest absolute Gasteiger partial charge is 0.494 e. The monoisotopic (exact) mass is 396 g/mol. The number of carbonyl (C=O) groups excluding carboxylic acids is 2. The predicted octanol–water partition coefficient (Wildman–Crippen LogP) is 3.32. The summed E-state index contributed by atoms with van der Waals surface area (Å²) in [5.41, 5.74) is 0.923. The lowest BCUT2D eigenvalue weighted by Gasteiger charge is -2.11. The van der Waals surface area contributed by atoms with Crippen LogP contribution in [0.3, 0.4) is 0 Å². The molecule has 0 unspecified atom stereocenters. The third-order valence-corrected chi connectivity index (χ3v) is 3.69. The molecule has 2 N–H and O–H groups in total. The molecule has 1 aromatic carbocycles. The number of benzene rings is 1. The Balaban J connectivity index is 1.61. The summed E-state index contributed by atoms with van der Waals surface area (Å²) in [6.07, 6.45) is 1.55. The molecule has 3 rings (SSSR count). The fourth-order valence-corrected chi connectivity index (χ4v) is 2.42. The highest BCUT2D eigenvalue weighted by Crippen LogP contribution is 2.22. The Morgan fingerprint density at radius 1 is 1.17 bits per heavy atom. The average Bonchev–Trinajstić information content (AvgIpc) is 3.13. The lowest BCUT2D eigenvalue weighted by Crippen LogP contribution is -2.21. The number of amides is 1. The summed E-state index contributed by atoms with van der Waals surface area (Å²) >= 11 is 0. The van der Waals surface area contributed by atoms with Crippen molar-refractivity contribution in [1.82, 2.24) is 10.1 Å². The highest BCUT2D eigenvalue weighted by Gasteiger charge is 2.16. The number of pyridine rings is 1. The first-order valence-electron chi connectivity index (χ1n) is 8.90. The smallest absolute Gasteiger partial charge is 0.342 e. The summed E-state index contributed by atoms with van der Waals surface area (Å²) < 4.78 is 15.4. The first kappa shape index (κ1) is 19.9. The van der Waals surface area contributed by atoms with Crippen LogP contribution in [0.4, 0.5) is 17.3 Å². The standard InChI is InChI=1S/C20H20N4O5/c1-3-27-15-8-6-14(7-9-15)22-19-16(5-4-10-21-19)20(26)28-12-18(25)23-17-11-13(2)29-24-17/h4-11H,3,12H2,1-2H3,(H,21,22)(H,23,24,25). The van der Waals surface area contributed by atoms with E-state index in [4.69, 9.17) is 14.0 Å². The van der Waals surface area contributed by atoms with E-state index in [1.165, 1.54) is 0 Å². The van der Waals surface area contributed by atoms with Crippen molar-refractivity contribution < 1.29 is 23.6 Å². The van der Waals surface area contributed by atoms with Gasteiger partial charge in [-0.3, -0.25) is 4.79 Å². The number of hydrogen-bond acceptors (Lipinski definition) is 8. The number of ether oxygens (including phenoxy) is 2. The zero-order valence-electron chi connectivity index (χ0n) is 16.0. The SMILES string of the molecule is CCOc1ccc(Nc2ncccc2C(=O)OCC(=O)Nc2cc(C)on2)cc1. The van der Waals surface area contributed by atoms with Crippen LogP contribution in [0.15, 0.2) is 53.2 Å². The Morgan fingerprint density at radius 3 is 2.66 bits per heavy atom. The fourth-order valence-electron chi connectivity index (χ4n) is 2.42. The molecular weight excluding hydrogens is 376 g/mol. The number of aromatic nitrogens is 2. The highest BCUT2D eigenvalue weighted by molar-refractivity contribution is 5.98. The lowest BCUT2D eigenvalue weighted by atomic mass is 10.2. The van der Waals surface area contributed by atoms with Crippen molar-refractivity contribution in [1.29, 1.82) is 0 Å². The maximum atomic E-state index is 12.4. The minimum atomic E-state index is -0.682. The van der Waals surface area contributed by atoms with Gasteiger partial charge >= 0.3 is 5.97 Å². The van der Waals surface area contributed by atoms with Gasteiger partial charge in [-0.05, 0) is 50.2 Å². The van der Waals surface area contributed by atoms with Gasteiger partial charge in [0, 0.05) is 18.0 Å². The molecule has 0 radical (unpaired) electrons. The molecule has 9 nitrogen and oxygen atoms in total. The van der Waals surface area contributed by atoms with E-state index >= 15 is 0 Å². The number of carbonyl (C=O) groups is 2. The molecule has 0 fully saturated rings. The van der Waals surface area contributed by atoms with E-state index in [2.05, 4.69) is 20.8 Å². The van der Waals surface area contributed by atoms with Crippen LogP contribution in [0.5, 0.6) is 5.75 Å². The first-order valence-corrected chi connectivity index (χ1v) is 8.90. The molecule has 0 aliphatic rings. The molecule has 2 aromatic heterocycles. The average molecular weight is 396 g/mol. The number of anilines is 3. The van der Waals surface area contributed by atoms with Gasteiger partial charge in [-0.2, -0.15) is 0 Å². The second-order valence-electron chi connectivity index (χ2n) is 5.93. The van der Waals surface area contributed by atoms with Crippen LogP contribution in [0, 0.1) is 6.92 Å². The zero-order valence-corrected chi connectivity index (χ0v) is 16.0. The second-order valence-corrected chi connectivity index (χ2v) is 5.93. The van der Waals surface area contributed by atoms with Gasteiger partial charge in [0.1, 0.15) is 22.9 Å². The van der Waals surface area contributed by atoms with E-state index in [9.17, 15) is 9.59 Å². The van der Waals surface area contributed by atoms with Crippen LogP contribution >= 0.6 is 0 Å². The Kier molecular flexibility index (Phi) is 6.41. The fraction of sp³-hybridized carbons (Fsp3) is 0.200. The van der Waals surface area contributed by atoms with Crippen LogP contribution < -0.4 is 15.4 Å². The summed E-state index contributed by atoms with van der Waals surface area (Å²) in [7, 11) is 0.